The number of hydrogen-bond acceptors (Lipinski definition) is 6. The Bertz CT molecular complexity index is 535. The van der Waals surface area contributed by atoms with E-state index in [0.29, 0.717) is 5.69 Å². The number of rotatable bonds is 2. The van der Waals surface area contributed by atoms with Gasteiger partial charge in [0.05, 0.1) is 5.69 Å². The van der Waals surface area contributed by atoms with E-state index in [9.17, 15) is 5.11 Å². The number of halogens is 1. The molecule has 0 fully saturated rings. The number of benzene rings is 1. The van der Waals surface area contributed by atoms with Gasteiger partial charge in [-0.25, -0.2) is 0 Å². The van der Waals surface area contributed by atoms with Crippen LogP contribution in [0.1, 0.15) is 0 Å². The van der Waals surface area contributed by atoms with Crippen LogP contribution in [0.15, 0.2) is 40.6 Å². The first-order chi connectivity index (χ1) is 8.16. The lowest BCUT2D eigenvalue weighted by Crippen LogP contribution is -1.94. The number of anilines is 1. The van der Waals surface area contributed by atoms with E-state index in [4.69, 9.17) is 17.3 Å². The summed E-state index contributed by atoms with van der Waals surface area (Å²) in [5.74, 6) is -0.520. The molecule has 0 bridgehead atoms. The molecule has 2 aromatic rings. The molecule has 2 rings (SSSR count). The van der Waals surface area contributed by atoms with Crippen molar-refractivity contribution in [3.63, 3.8) is 0 Å². The fourth-order valence-corrected chi connectivity index (χ4v) is 1.33. The Labute approximate surface area is 102 Å². The van der Waals surface area contributed by atoms with Crippen molar-refractivity contribution in [3.05, 3.63) is 35.5 Å². The average molecular weight is 250 g/mol. The maximum Gasteiger partial charge on any atom is 0.245 e. The van der Waals surface area contributed by atoms with Crippen LogP contribution in [0.2, 0.25) is 5.15 Å². The third-order valence-electron chi connectivity index (χ3n) is 1.86. The second kappa shape index (κ2) is 4.75. The van der Waals surface area contributed by atoms with Gasteiger partial charge < -0.3 is 10.8 Å². The Morgan fingerprint density at radius 3 is 2.47 bits per heavy atom. The molecule has 0 aliphatic rings. The molecule has 7 heteroatoms. The highest BCUT2D eigenvalue weighted by Crippen LogP contribution is 2.32. The largest absolute Gasteiger partial charge is 0.492 e. The minimum Gasteiger partial charge on any atom is -0.492 e. The molecule has 17 heavy (non-hydrogen) atoms. The second-order valence-corrected chi connectivity index (χ2v) is 3.44. The third kappa shape index (κ3) is 2.67. The van der Waals surface area contributed by atoms with E-state index in [1.54, 1.807) is 12.1 Å². The summed E-state index contributed by atoms with van der Waals surface area (Å²) in [4.78, 5) is 7.20. The van der Waals surface area contributed by atoms with Crippen molar-refractivity contribution >= 4 is 28.9 Å². The third-order valence-corrected chi connectivity index (χ3v) is 2.13. The fourth-order valence-electron chi connectivity index (χ4n) is 1.12. The van der Waals surface area contributed by atoms with E-state index in [0.717, 1.165) is 0 Å². The topological polar surface area (TPSA) is 96.8 Å². The summed E-state index contributed by atoms with van der Waals surface area (Å²) in [7, 11) is 0. The molecule has 0 saturated carbocycles. The van der Waals surface area contributed by atoms with Gasteiger partial charge in [-0.15, -0.1) is 5.11 Å². The standard InChI is InChI=1S/C10H8ClN5O/c11-8-7(9(17)14-10(12)13-8)16-15-6-4-2-1-3-5-6/h1-5H,(H3,12,13,14,17)/b16-15+. The van der Waals surface area contributed by atoms with Gasteiger partial charge >= 0.3 is 0 Å². The van der Waals surface area contributed by atoms with Crippen LogP contribution in [0.3, 0.4) is 0 Å². The summed E-state index contributed by atoms with van der Waals surface area (Å²) in [6.07, 6.45) is 0. The van der Waals surface area contributed by atoms with E-state index in [2.05, 4.69) is 20.2 Å². The molecular weight excluding hydrogens is 242 g/mol. The van der Waals surface area contributed by atoms with Crippen molar-refractivity contribution in [1.29, 1.82) is 0 Å². The highest BCUT2D eigenvalue weighted by Gasteiger charge is 2.10. The maximum atomic E-state index is 9.48. The molecule has 0 aliphatic carbocycles. The molecule has 0 aliphatic heterocycles. The second-order valence-electron chi connectivity index (χ2n) is 3.08. The Balaban J connectivity index is 2.34. The van der Waals surface area contributed by atoms with Crippen LogP contribution in [0.4, 0.5) is 17.3 Å². The van der Waals surface area contributed by atoms with Gasteiger partial charge in [0.15, 0.2) is 10.8 Å². The van der Waals surface area contributed by atoms with E-state index < -0.39 is 5.88 Å². The zero-order valence-electron chi connectivity index (χ0n) is 8.58. The summed E-state index contributed by atoms with van der Waals surface area (Å²) >= 11 is 5.76. The number of nitrogens with zero attached hydrogens (tertiary/aromatic N) is 4. The van der Waals surface area contributed by atoms with Crippen LogP contribution in [0.25, 0.3) is 0 Å². The number of nitrogens with two attached hydrogens (primary N) is 1. The summed E-state index contributed by atoms with van der Waals surface area (Å²) in [6, 6.07) is 9.00. The van der Waals surface area contributed by atoms with Crippen LogP contribution in [0.5, 0.6) is 5.88 Å². The van der Waals surface area contributed by atoms with Gasteiger partial charge in [0.25, 0.3) is 0 Å². The molecular formula is C10H8ClN5O. The Morgan fingerprint density at radius 1 is 1.12 bits per heavy atom. The number of aromatic hydroxyl groups is 1. The molecule has 86 valence electrons. The van der Waals surface area contributed by atoms with Gasteiger partial charge in [0.2, 0.25) is 11.8 Å². The minimum absolute atomic E-state index is 0.00952. The first kappa shape index (κ1) is 11.3. The molecule has 1 aromatic heterocycles. The van der Waals surface area contributed by atoms with Crippen LogP contribution in [-0.4, -0.2) is 15.1 Å². The molecule has 0 spiro atoms. The number of nitrogen functional groups attached to an aromatic ring is 1. The normalized spacial score (nSPS) is 10.9. The van der Waals surface area contributed by atoms with E-state index in [1.165, 1.54) is 0 Å². The Hall–Kier alpha value is -2.21. The van der Waals surface area contributed by atoms with Gasteiger partial charge in [0, 0.05) is 0 Å². The van der Waals surface area contributed by atoms with Crippen molar-refractivity contribution in [2.45, 2.75) is 0 Å². The first-order valence-electron chi connectivity index (χ1n) is 4.65. The Kier molecular flexibility index (Phi) is 3.15. The lowest BCUT2D eigenvalue weighted by Gasteiger charge is -1.99. The monoisotopic (exact) mass is 249 g/mol. The van der Waals surface area contributed by atoms with E-state index >= 15 is 0 Å². The fraction of sp³-hybridized carbons (Fsp3) is 0. The molecule has 1 heterocycles. The van der Waals surface area contributed by atoms with Crippen LogP contribution in [0, 0.1) is 0 Å². The molecule has 0 amide bonds. The van der Waals surface area contributed by atoms with Gasteiger partial charge in [-0.2, -0.15) is 15.1 Å². The Morgan fingerprint density at radius 2 is 1.82 bits per heavy atom. The lowest BCUT2D eigenvalue weighted by molar-refractivity contribution is 0.454. The van der Waals surface area contributed by atoms with Gasteiger partial charge in [0.1, 0.15) is 0 Å². The van der Waals surface area contributed by atoms with Crippen molar-refractivity contribution in [1.82, 2.24) is 9.97 Å². The summed E-state index contributed by atoms with van der Waals surface area (Å²) in [5.41, 5.74) is 5.91. The summed E-state index contributed by atoms with van der Waals surface area (Å²) in [6.45, 7) is 0. The molecule has 0 radical (unpaired) electrons. The highest BCUT2D eigenvalue weighted by molar-refractivity contribution is 6.32. The van der Waals surface area contributed by atoms with Crippen molar-refractivity contribution in [3.8, 4) is 5.88 Å². The lowest BCUT2D eigenvalue weighted by atomic mass is 10.3. The number of azo groups is 1. The average Bonchev–Trinajstić information content (AvgIpc) is 2.29. The molecule has 3 N–H and O–H groups in total. The van der Waals surface area contributed by atoms with Crippen molar-refractivity contribution in [2.24, 2.45) is 10.2 Å². The van der Waals surface area contributed by atoms with Gasteiger partial charge in [-0.05, 0) is 12.1 Å². The minimum atomic E-state index is -0.401. The zero-order chi connectivity index (χ0) is 12.3. The molecule has 6 nitrogen and oxygen atoms in total. The SMILES string of the molecule is Nc1nc(O)c(/N=N/c2ccccc2)c(Cl)n1. The molecule has 0 atom stereocenters. The smallest absolute Gasteiger partial charge is 0.245 e. The molecule has 0 unspecified atom stereocenters. The number of aromatic nitrogens is 2. The maximum absolute atomic E-state index is 9.48. The molecule has 1 aromatic carbocycles. The first-order valence-corrected chi connectivity index (χ1v) is 5.03. The number of hydrogen-bond donors (Lipinski definition) is 2. The van der Waals surface area contributed by atoms with E-state index in [-0.39, 0.29) is 16.8 Å². The van der Waals surface area contributed by atoms with Crippen LogP contribution >= 0.6 is 11.6 Å². The quantitative estimate of drug-likeness (QED) is 0.632. The van der Waals surface area contributed by atoms with Crippen molar-refractivity contribution < 1.29 is 5.11 Å². The summed E-state index contributed by atoms with van der Waals surface area (Å²) in [5, 5.41) is 17.1. The van der Waals surface area contributed by atoms with Crippen molar-refractivity contribution in [2.75, 3.05) is 5.73 Å². The van der Waals surface area contributed by atoms with Crippen LogP contribution in [-0.2, 0) is 0 Å². The van der Waals surface area contributed by atoms with Gasteiger partial charge in [-0.3, -0.25) is 0 Å². The predicted octanol–water partition coefficient (Wildman–Crippen LogP) is 2.83. The predicted molar refractivity (Wildman–Crippen MR) is 63.7 cm³/mol. The van der Waals surface area contributed by atoms with E-state index in [1.807, 2.05) is 18.2 Å². The highest BCUT2D eigenvalue weighted by atomic mass is 35.5. The van der Waals surface area contributed by atoms with Crippen LogP contribution < -0.4 is 5.73 Å². The molecule has 0 saturated heterocycles. The van der Waals surface area contributed by atoms with Gasteiger partial charge in [-0.1, -0.05) is 29.8 Å². The zero-order valence-corrected chi connectivity index (χ0v) is 9.33. The summed E-state index contributed by atoms with van der Waals surface area (Å²) < 4.78 is 0.